The molecule has 2 fully saturated rings. The molecule has 2 rings (SSSR count). The summed E-state index contributed by atoms with van der Waals surface area (Å²) in [6, 6.07) is -0.211. The van der Waals surface area contributed by atoms with Gasteiger partial charge in [-0.15, -0.1) is 0 Å². The Morgan fingerprint density at radius 3 is 2.60 bits per heavy atom. The standard InChI is InChI=1S/C14H26N2O3S/c1-11-10-20(18,19)8-7-16(11)13(17)14(2,3)12-5-4-6-15-9-12/h11-12,15H,4-10H2,1-3H3. The molecule has 2 unspecified atom stereocenters. The minimum Gasteiger partial charge on any atom is -0.337 e. The molecule has 0 aromatic heterocycles. The van der Waals surface area contributed by atoms with Crippen molar-refractivity contribution in [3.63, 3.8) is 0 Å². The Morgan fingerprint density at radius 2 is 2.05 bits per heavy atom. The first-order valence-electron chi connectivity index (χ1n) is 7.46. The Bertz CT molecular complexity index is 467. The third kappa shape index (κ3) is 3.17. The number of sulfone groups is 1. The molecular formula is C14H26N2O3S. The molecule has 116 valence electrons. The summed E-state index contributed by atoms with van der Waals surface area (Å²) in [5, 5.41) is 3.36. The van der Waals surface area contributed by atoms with E-state index in [4.69, 9.17) is 0 Å². The fourth-order valence-corrected chi connectivity index (χ4v) is 4.87. The SMILES string of the molecule is CC1CS(=O)(=O)CCN1C(=O)C(C)(C)C1CCCNC1. The van der Waals surface area contributed by atoms with Crippen LogP contribution in [-0.4, -0.2) is 56.4 Å². The molecule has 0 bridgehead atoms. The number of piperidine rings is 1. The largest absolute Gasteiger partial charge is 0.337 e. The maximum Gasteiger partial charge on any atom is 0.228 e. The van der Waals surface area contributed by atoms with Gasteiger partial charge in [-0.3, -0.25) is 4.79 Å². The molecule has 2 aliphatic heterocycles. The second-order valence-electron chi connectivity index (χ2n) is 6.73. The molecular weight excluding hydrogens is 276 g/mol. The molecule has 0 aromatic rings. The van der Waals surface area contributed by atoms with Gasteiger partial charge in [0.2, 0.25) is 5.91 Å². The van der Waals surface area contributed by atoms with E-state index in [2.05, 4.69) is 5.32 Å². The predicted octanol–water partition coefficient (Wildman–Crippen LogP) is 0.658. The average Bonchev–Trinajstić information content (AvgIpc) is 2.38. The predicted molar refractivity (Wildman–Crippen MR) is 79.2 cm³/mol. The lowest BCUT2D eigenvalue weighted by Crippen LogP contribution is -2.56. The van der Waals surface area contributed by atoms with Crippen molar-refractivity contribution in [3.8, 4) is 0 Å². The number of hydrogen-bond donors (Lipinski definition) is 1. The Labute approximate surface area is 122 Å². The lowest BCUT2D eigenvalue weighted by Gasteiger charge is -2.43. The fraction of sp³-hybridized carbons (Fsp3) is 0.929. The van der Waals surface area contributed by atoms with E-state index in [1.165, 1.54) is 0 Å². The van der Waals surface area contributed by atoms with E-state index >= 15 is 0 Å². The van der Waals surface area contributed by atoms with Crippen molar-refractivity contribution in [1.82, 2.24) is 10.2 Å². The zero-order valence-electron chi connectivity index (χ0n) is 12.7. The van der Waals surface area contributed by atoms with Crippen LogP contribution in [0.2, 0.25) is 0 Å². The number of hydrogen-bond acceptors (Lipinski definition) is 4. The molecule has 2 aliphatic rings. The quantitative estimate of drug-likeness (QED) is 0.814. The second-order valence-corrected chi connectivity index (χ2v) is 8.96. The zero-order valence-corrected chi connectivity index (χ0v) is 13.5. The molecule has 0 aliphatic carbocycles. The van der Waals surface area contributed by atoms with E-state index in [0.29, 0.717) is 12.5 Å². The van der Waals surface area contributed by atoms with Crippen LogP contribution in [0.4, 0.5) is 0 Å². The van der Waals surface area contributed by atoms with Crippen LogP contribution in [0.1, 0.15) is 33.6 Å². The van der Waals surface area contributed by atoms with Crippen molar-refractivity contribution in [1.29, 1.82) is 0 Å². The van der Waals surface area contributed by atoms with Crippen LogP contribution in [0, 0.1) is 11.3 Å². The normalized spacial score (nSPS) is 31.1. The molecule has 0 aromatic carbocycles. The number of nitrogens with zero attached hydrogens (tertiary/aromatic N) is 1. The molecule has 20 heavy (non-hydrogen) atoms. The van der Waals surface area contributed by atoms with E-state index in [1.54, 1.807) is 4.90 Å². The van der Waals surface area contributed by atoms with Crippen LogP contribution in [0.3, 0.4) is 0 Å². The first-order valence-corrected chi connectivity index (χ1v) is 9.28. The first-order chi connectivity index (χ1) is 9.24. The van der Waals surface area contributed by atoms with E-state index < -0.39 is 15.3 Å². The highest BCUT2D eigenvalue weighted by molar-refractivity contribution is 7.91. The van der Waals surface area contributed by atoms with Gasteiger partial charge in [0, 0.05) is 18.0 Å². The van der Waals surface area contributed by atoms with E-state index in [-0.39, 0.29) is 23.5 Å². The van der Waals surface area contributed by atoms with Crippen molar-refractivity contribution in [2.75, 3.05) is 31.1 Å². The van der Waals surface area contributed by atoms with E-state index in [9.17, 15) is 13.2 Å². The summed E-state index contributed by atoms with van der Waals surface area (Å²) in [6.07, 6.45) is 2.16. The zero-order chi connectivity index (χ0) is 15.0. The lowest BCUT2D eigenvalue weighted by molar-refractivity contribution is -0.145. The summed E-state index contributed by atoms with van der Waals surface area (Å²) < 4.78 is 23.3. The minimum atomic E-state index is -2.97. The van der Waals surface area contributed by atoms with Gasteiger partial charge in [0.1, 0.15) is 0 Å². The molecule has 6 heteroatoms. The molecule has 1 N–H and O–H groups in total. The van der Waals surface area contributed by atoms with Gasteiger partial charge in [-0.1, -0.05) is 13.8 Å². The molecule has 0 radical (unpaired) electrons. The van der Waals surface area contributed by atoms with Crippen molar-refractivity contribution in [2.24, 2.45) is 11.3 Å². The summed E-state index contributed by atoms with van der Waals surface area (Å²) in [4.78, 5) is 14.6. The third-order valence-corrected chi connectivity index (χ3v) is 6.59. The summed E-state index contributed by atoms with van der Waals surface area (Å²) >= 11 is 0. The summed E-state index contributed by atoms with van der Waals surface area (Å²) in [6.45, 7) is 8.08. The third-order valence-electron chi connectivity index (χ3n) is 4.80. The molecule has 1 amide bonds. The number of nitrogens with one attached hydrogen (secondary N) is 1. The van der Waals surface area contributed by atoms with E-state index in [1.807, 2.05) is 20.8 Å². The summed E-state index contributed by atoms with van der Waals surface area (Å²) in [5.74, 6) is 0.628. The Balaban J connectivity index is 2.09. The van der Waals surface area contributed by atoms with Crippen LogP contribution in [-0.2, 0) is 14.6 Å². The highest BCUT2D eigenvalue weighted by atomic mass is 32.2. The maximum atomic E-state index is 12.8. The summed E-state index contributed by atoms with van der Waals surface area (Å²) in [7, 11) is -2.97. The number of amides is 1. The summed E-state index contributed by atoms with van der Waals surface area (Å²) in [5.41, 5.74) is -0.428. The van der Waals surface area contributed by atoms with Crippen LogP contribution in [0.25, 0.3) is 0 Å². The second kappa shape index (κ2) is 5.64. The van der Waals surface area contributed by atoms with Gasteiger partial charge in [-0.05, 0) is 38.8 Å². The van der Waals surface area contributed by atoms with Gasteiger partial charge >= 0.3 is 0 Å². The molecule has 5 nitrogen and oxygen atoms in total. The first kappa shape index (κ1) is 15.8. The Hall–Kier alpha value is -0.620. The van der Waals surface area contributed by atoms with E-state index in [0.717, 1.165) is 25.9 Å². The Morgan fingerprint density at radius 1 is 1.35 bits per heavy atom. The highest BCUT2D eigenvalue weighted by Gasteiger charge is 2.43. The van der Waals surface area contributed by atoms with Gasteiger partial charge in [0.05, 0.1) is 11.5 Å². The monoisotopic (exact) mass is 302 g/mol. The number of carbonyl (C=O) groups is 1. The average molecular weight is 302 g/mol. The number of carbonyl (C=O) groups excluding carboxylic acids is 1. The van der Waals surface area contributed by atoms with Crippen molar-refractivity contribution in [2.45, 2.75) is 39.7 Å². The van der Waals surface area contributed by atoms with Gasteiger partial charge < -0.3 is 10.2 Å². The lowest BCUT2D eigenvalue weighted by atomic mass is 9.74. The molecule has 2 heterocycles. The van der Waals surface area contributed by atoms with Crippen LogP contribution in [0.5, 0.6) is 0 Å². The molecule has 0 spiro atoms. The highest BCUT2D eigenvalue weighted by Crippen LogP contribution is 2.34. The van der Waals surface area contributed by atoms with Crippen molar-refractivity contribution >= 4 is 15.7 Å². The fourth-order valence-electron chi connectivity index (χ4n) is 3.31. The Kier molecular flexibility index (Phi) is 4.44. The van der Waals surface area contributed by atoms with Crippen molar-refractivity contribution < 1.29 is 13.2 Å². The van der Waals surface area contributed by atoms with Gasteiger partial charge in [-0.25, -0.2) is 8.42 Å². The molecule has 2 saturated heterocycles. The van der Waals surface area contributed by atoms with Crippen LogP contribution in [0.15, 0.2) is 0 Å². The smallest absolute Gasteiger partial charge is 0.228 e. The minimum absolute atomic E-state index is 0.0950. The van der Waals surface area contributed by atoms with Gasteiger partial charge in [-0.2, -0.15) is 0 Å². The van der Waals surface area contributed by atoms with Gasteiger partial charge in [0.15, 0.2) is 9.84 Å². The van der Waals surface area contributed by atoms with Crippen LogP contribution >= 0.6 is 0 Å². The molecule has 0 saturated carbocycles. The van der Waals surface area contributed by atoms with Crippen LogP contribution < -0.4 is 5.32 Å². The topological polar surface area (TPSA) is 66.5 Å². The number of rotatable bonds is 2. The van der Waals surface area contributed by atoms with Crippen molar-refractivity contribution in [3.05, 3.63) is 0 Å². The van der Waals surface area contributed by atoms with Gasteiger partial charge in [0.25, 0.3) is 0 Å². The maximum absolute atomic E-state index is 12.8. The molecule has 2 atom stereocenters.